The number of hydrogen-bond acceptors (Lipinski definition) is 5. The Labute approximate surface area is 108 Å². The molecule has 0 aromatic carbocycles. The van der Waals surface area contributed by atoms with Gasteiger partial charge in [0.15, 0.2) is 1.41 Å². The predicted molar refractivity (Wildman–Crippen MR) is 67.5 cm³/mol. The zero-order valence-electron chi connectivity index (χ0n) is 11.6. The van der Waals surface area contributed by atoms with Gasteiger partial charge < -0.3 is 21.7 Å². The van der Waals surface area contributed by atoms with Gasteiger partial charge in [-0.25, -0.2) is 0 Å². The molecule has 0 radical (unpaired) electrons. The monoisotopic (exact) mass is 258 g/mol. The van der Waals surface area contributed by atoms with E-state index in [0.29, 0.717) is 0 Å². The van der Waals surface area contributed by atoms with E-state index in [-0.39, 0.29) is 18.7 Å². The highest BCUT2D eigenvalue weighted by molar-refractivity contribution is 5.92. The van der Waals surface area contributed by atoms with Gasteiger partial charge in [-0.1, -0.05) is 6.58 Å². The van der Waals surface area contributed by atoms with E-state index in [2.05, 4.69) is 22.5 Å². The highest BCUT2D eigenvalue weighted by Crippen LogP contribution is 1.95. The molecule has 102 valence electrons. The summed E-state index contributed by atoms with van der Waals surface area (Å²) in [5.41, 5.74) is 1.72. The minimum Gasteiger partial charge on any atom is -0.380 e. The van der Waals surface area contributed by atoms with Crippen LogP contribution in [0.4, 0.5) is 0 Å². The first-order valence-electron chi connectivity index (χ1n) is 5.99. The Balaban J connectivity index is 4.68. The van der Waals surface area contributed by atoms with E-state index < -0.39 is 23.9 Å². The van der Waals surface area contributed by atoms with Crippen LogP contribution >= 0.6 is 0 Å². The normalized spacial score (nSPS) is 13.8. The molecule has 18 heavy (non-hydrogen) atoms. The molecule has 0 heterocycles. The third-order valence-corrected chi connectivity index (χ3v) is 2.17. The average molecular weight is 258 g/mol. The first-order valence-corrected chi connectivity index (χ1v) is 5.49. The number of hydrogen-bond donors (Lipinski definition) is 4. The largest absolute Gasteiger partial charge is 0.380 e. The Morgan fingerprint density at radius 1 is 1.44 bits per heavy atom. The van der Waals surface area contributed by atoms with E-state index in [9.17, 15) is 14.4 Å². The van der Waals surface area contributed by atoms with Gasteiger partial charge in [0.2, 0.25) is 11.8 Å². The van der Waals surface area contributed by atoms with E-state index in [1.165, 1.54) is 13.1 Å². The lowest BCUT2D eigenvalue weighted by atomic mass is 10.1. The van der Waals surface area contributed by atoms with Crippen molar-refractivity contribution in [2.75, 3.05) is 13.6 Å². The maximum absolute atomic E-state index is 11.9. The van der Waals surface area contributed by atoms with Crippen molar-refractivity contribution < 1.29 is 15.8 Å². The summed E-state index contributed by atoms with van der Waals surface area (Å²) < 4.78 is 6.80. The van der Waals surface area contributed by atoms with E-state index in [1.807, 2.05) is 0 Å². The molecular formula is C11H20N4O3. The summed E-state index contributed by atoms with van der Waals surface area (Å²) in [4.78, 5) is 34.4. The summed E-state index contributed by atoms with van der Waals surface area (Å²) in [7, 11) is 1.62. The van der Waals surface area contributed by atoms with Gasteiger partial charge in [0.1, 0.15) is 17.9 Å². The van der Waals surface area contributed by atoms with Gasteiger partial charge in [0, 0.05) is 13.0 Å². The van der Waals surface area contributed by atoms with Crippen LogP contribution in [0.25, 0.3) is 0 Å². The third kappa shape index (κ3) is 6.00. The molecule has 0 aromatic heterocycles. The number of carbonyl (C=O) groups excluding carboxylic acids is 3. The molecule has 0 saturated heterocycles. The van der Waals surface area contributed by atoms with Crippen molar-refractivity contribution >= 4 is 17.6 Å². The number of nitrogens with two attached hydrogens (primary N) is 1. The Morgan fingerprint density at radius 3 is 2.56 bits per heavy atom. The molecule has 0 fully saturated rings. The number of likely N-dealkylation sites (N-methyl/N-ethyl adjacent to an activating group) is 1. The zero-order valence-corrected chi connectivity index (χ0v) is 10.6. The Morgan fingerprint density at radius 2 is 2.11 bits per heavy atom. The number of Topliss-reactive ketones (excluding diaryl/α,β-unsaturated/α-hetero) is 1. The second kappa shape index (κ2) is 8.24. The van der Waals surface area contributed by atoms with Crippen LogP contribution in [0, 0.1) is 0 Å². The molecule has 0 saturated carbocycles. The van der Waals surface area contributed by atoms with Crippen molar-refractivity contribution in [2.45, 2.75) is 25.4 Å². The quantitative estimate of drug-likeness (QED) is 0.392. The molecule has 2 amide bonds. The summed E-state index contributed by atoms with van der Waals surface area (Å²) >= 11 is 0. The van der Waals surface area contributed by atoms with Gasteiger partial charge in [-0.05, 0) is 20.2 Å². The molecule has 7 heteroatoms. The topological polar surface area (TPSA) is 113 Å². The van der Waals surface area contributed by atoms with Crippen LogP contribution < -0.4 is 21.7 Å². The summed E-state index contributed by atoms with van der Waals surface area (Å²) in [5, 5.41) is 7.85. The molecule has 0 aliphatic carbocycles. The average Bonchev–Trinajstić information content (AvgIpc) is 2.36. The van der Waals surface area contributed by atoms with Crippen molar-refractivity contribution in [3.8, 4) is 0 Å². The van der Waals surface area contributed by atoms with Crippen LogP contribution in [0.15, 0.2) is 12.8 Å². The highest BCUT2D eigenvalue weighted by Gasteiger charge is 2.23. The summed E-state index contributed by atoms with van der Waals surface area (Å²) in [6.07, 6.45) is 1.30. The standard InChI is InChI=1S/C11H20N4O3/c1-4-14-8(5-7(2)16)11(18)15-9(6-13-3)10(12)17/h4,8-9,13-14H,1,5-6H2,2-3H3,(H2,12,17)(H,15,18)/t8-,9-/m0/s1/i/hT. The lowest BCUT2D eigenvalue weighted by Gasteiger charge is -2.20. The zero-order chi connectivity index (χ0) is 14.8. The van der Waals surface area contributed by atoms with Crippen LogP contribution in [0.1, 0.15) is 13.3 Å². The number of ketones is 1. The van der Waals surface area contributed by atoms with Crippen LogP contribution in [-0.4, -0.2) is 43.3 Å². The summed E-state index contributed by atoms with van der Waals surface area (Å²) in [6, 6.07) is -1.66. The van der Waals surface area contributed by atoms with Crippen LogP contribution in [0.3, 0.4) is 0 Å². The molecule has 0 aliphatic rings. The molecular weight excluding hydrogens is 236 g/mol. The molecule has 0 unspecified atom stereocenters. The smallest absolute Gasteiger partial charge is 0.243 e. The number of amides is 2. The maximum atomic E-state index is 11.9. The molecule has 5 N–H and O–H groups in total. The SMILES string of the molecule is [3H]NC(=O)[C@H](CNC)NC(=O)[C@H](CC(C)=O)NC=C. The van der Waals surface area contributed by atoms with Gasteiger partial charge in [-0.2, -0.15) is 0 Å². The maximum Gasteiger partial charge on any atom is 0.243 e. The van der Waals surface area contributed by atoms with Crippen LogP contribution in [-0.2, 0) is 14.4 Å². The van der Waals surface area contributed by atoms with Crippen LogP contribution in [0.2, 0.25) is 1.41 Å². The molecule has 0 rings (SSSR count). The fraction of sp³-hybridized carbons (Fsp3) is 0.545. The van der Waals surface area contributed by atoms with E-state index in [0.717, 1.165) is 0 Å². The highest BCUT2D eigenvalue weighted by atomic mass is 16.2. The minimum absolute atomic E-state index is 0.00732. The van der Waals surface area contributed by atoms with Gasteiger partial charge in [-0.15, -0.1) is 0 Å². The number of carbonyl (C=O) groups is 3. The Kier molecular flexibility index (Phi) is 6.49. The minimum atomic E-state index is -0.879. The number of rotatable bonds is 9. The lowest BCUT2D eigenvalue weighted by molar-refractivity contribution is -0.129. The molecule has 0 aromatic rings. The summed E-state index contributed by atoms with van der Waals surface area (Å²) in [6.45, 7) is 4.98. The predicted octanol–water partition coefficient (Wildman–Crippen LogP) is -1.74. The first-order chi connectivity index (χ1) is 8.96. The van der Waals surface area contributed by atoms with E-state index in [1.54, 1.807) is 12.8 Å². The van der Waals surface area contributed by atoms with E-state index in [4.69, 9.17) is 1.41 Å². The van der Waals surface area contributed by atoms with Crippen molar-refractivity contribution in [3.63, 3.8) is 0 Å². The van der Waals surface area contributed by atoms with Gasteiger partial charge in [0.05, 0.1) is 0 Å². The number of nitrogens with one attached hydrogen (secondary N) is 3. The molecule has 0 bridgehead atoms. The Bertz CT molecular complexity index is 349. The molecule has 0 aliphatic heterocycles. The van der Waals surface area contributed by atoms with Crippen LogP contribution in [0.5, 0.6) is 0 Å². The fourth-order valence-electron chi connectivity index (χ4n) is 1.34. The van der Waals surface area contributed by atoms with Crippen molar-refractivity contribution in [2.24, 2.45) is 5.73 Å². The first kappa shape index (κ1) is 14.2. The Hall–Kier alpha value is -1.89. The van der Waals surface area contributed by atoms with Crippen molar-refractivity contribution in [1.82, 2.24) is 16.0 Å². The van der Waals surface area contributed by atoms with Gasteiger partial charge in [0.25, 0.3) is 0 Å². The molecule has 2 atom stereocenters. The van der Waals surface area contributed by atoms with Gasteiger partial charge >= 0.3 is 0 Å². The summed E-state index contributed by atoms with van der Waals surface area (Å²) in [5.74, 6) is -1.30. The molecule has 7 nitrogen and oxygen atoms in total. The second-order valence-electron chi connectivity index (χ2n) is 3.81. The van der Waals surface area contributed by atoms with E-state index >= 15 is 0 Å². The second-order valence-corrected chi connectivity index (χ2v) is 3.81. The van der Waals surface area contributed by atoms with Crippen molar-refractivity contribution in [3.05, 3.63) is 12.8 Å². The lowest BCUT2D eigenvalue weighted by Crippen LogP contribution is -2.54. The fourth-order valence-corrected chi connectivity index (χ4v) is 1.34. The number of primary amides is 1. The van der Waals surface area contributed by atoms with Gasteiger partial charge in [-0.3, -0.25) is 14.4 Å². The third-order valence-electron chi connectivity index (χ3n) is 2.17. The van der Waals surface area contributed by atoms with Crippen molar-refractivity contribution in [1.29, 1.82) is 0 Å². The molecule has 0 spiro atoms.